The van der Waals surface area contributed by atoms with Gasteiger partial charge in [-0.2, -0.15) is 0 Å². The molecule has 0 bridgehead atoms. The van der Waals surface area contributed by atoms with E-state index in [1.54, 1.807) is 11.3 Å². The van der Waals surface area contributed by atoms with E-state index < -0.39 is 0 Å². The molecule has 2 heterocycles. The van der Waals surface area contributed by atoms with Crippen LogP contribution in [0.3, 0.4) is 0 Å². The van der Waals surface area contributed by atoms with Gasteiger partial charge in [0.15, 0.2) is 0 Å². The summed E-state index contributed by atoms with van der Waals surface area (Å²) in [5.74, 6) is 0. The second kappa shape index (κ2) is 11.9. The van der Waals surface area contributed by atoms with Crippen molar-refractivity contribution in [2.45, 2.75) is 0 Å². The van der Waals surface area contributed by atoms with Crippen LogP contribution >= 0.6 is 11.3 Å². The summed E-state index contributed by atoms with van der Waals surface area (Å²) >= 11 is 1.73. The number of nitrogens with zero attached hydrogens (tertiary/aromatic N) is 2. The minimum Gasteiger partial charge on any atom is -0.456 e. The molecule has 0 atom stereocenters. The lowest BCUT2D eigenvalue weighted by Gasteiger charge is -2.26. The van der Waals surface area contributed by atoms with Gasteiger partial charge in [-0.3, -0.25) is 0 Å². The highest BCUT2D eigenvalue weighted by Crippen LogP contribution is 2.44. The van der Waals surface area contributed by atoms with Crippen LogP contribution in [0, 0.1) is 0 Å². The third-order valence-corrected chi connectivity index (χ3v) is 11.5. The van der Waals surface area contributed by atoms with E-state index in [1.807, 2.05) is 0 Å². The zero-order valence-electron chi connectivity index (χ0n) is 28.5. The summed E-state index contributed by atoms with van der Waals surface area (Å²) in [6.45, 7) is 0. The van der Waals surface area contributed by atoms with E-state index in [1.165, 1.54) is 48.1 Å². The molecule has 0 N–H and O–H groups in total. The highest BCUT2D eigenvalue weighted by molar-refractivity contribution is 7.21. The second-order valence-electron chi connectivity index (χ2n) is 13.6. The van der Waals surface area contributed by atoms with E-state index >= 15 is 0 Å². The van der Waals surface area contributed by atoms with Gasteiger partial charge in [-0.1, -0.05) is 127 Å². The average Bonchev–Trinajstić information content (AvgIpc) is 3.83. The van der Waals surface area contributed by atoms with Crippen molar-refractivity contribution < 1.29 is 4.42 Å². The molecule has 2 aromatic heterocycles. The Morgan fingerprint density at radius 1 is 0.434 bits per heavy atom. The summed E-state index contributed by atoms with van der Waals surface area (Å²) in [6, 6.07) is 65.0. The van der Waals surface area contributed by atoms with Gasteiger partial charge < -0.3 is 9.32 Å². The van der Waals surface area contributed by atoms with Gasteiger partial charge in [-0.25, -0.2) is 4.98 Å². The van der Waals surface area contributed by atoms with Gasteiger partial charge in [0.25, 0.3) is 0 Å². The van der Waals surface area contributed by atoms with Crippen LogP contribution in [-0.2, 0) is 0 Å². The fourth-order valence-electron chi connectivity index (χ4n) is 7.94. The molecule has 0 radical (unpaired) electrons. The largest absolute Gasteiger partial charge is 0.456 e. The van der Waals surface area contributed by atoms with Crippen molar-refractivity contribution in [3.63, 3.8) is 0 Å². The summed E-state index contributed by atoms with van der Waals surface area (Å²) in [4.78, 5) is 7.54. The van der Waals surface area contributed by atoms with Crippen LogP contribution in [0.2, 0.25) is 0 Å². The van der Waals surface area contributed by atoms with Crippen LogP contribution in [-0.4, -0.2) is 4.98 Å². The monoisotopic (exact) mass is 694 g/mol. The first-order valence-corrected chi connectivity index (χ1v) is 18.7. The number of aromatic nitrogens is 1. The number of furan rings is 1. The van der Waals surface area contributed by atoms with E-state index in [0.717, 1.165) is 55.1 Å². The zero-order chi connectivity index (χ0) is 34.9. The van der Waals surface area contributed by atoms with E-state index in [2.05, 4.69) is 187 Å². The first-order valence-electron chi connectivity index (χ1n) is 17.9. The lowest BCUT2D eigenvalue weighted by molar-refractivity contribution is 0.669. The van der Waals surface area contributed by atoms with E-state index in [9.17, 15) is 0 Å². The van der Waals surface area contributed by atoms with Gasteiger partial charge in [0.2, 0.25) is 0 Å². The van der Waals surface area contributed by atoms with Crippen LogP contribution < -0.4 is 4.90 Å². The molecule has 0 fully saturated rings. The highest BCUT2D eigenvalue weighted by Gasteiger charge is 2.20. The molecule has 248 valence electrons. The summed E-state index contributed by atoms with van der Waals surface area (Å²) in [5.41, 5.74) is 9.44. The number of rotatable bonds is 5. The van der Waals surface area contributed by atoms with Crippen LogP contribution in [0.4, 0.5) is 17.1 Å². The SMILES string of the molecule is c1ccc2cc(N(c3ccc(-c4cccc5ccccc45)cc3)c3ccc4c(c3)oc3cccc(-c5nc6c(ccc7ccccc76)s5)c34)ccc2c1. The average molecular weight is 695 g/mol. The molecule has 0 saturated carbocycles. The van der Waals surface area contributed by atoms with Crippen molar-refractivity contribution in [3.05, 3.63) is 182 Å². The maximum Gasteiger partial charge on any atom is 0.137 e. The Balaban J connectivity index is 1.06. The Morgan fingerprint density at radius 3 is 1.94 bits per heavy atom. The molecule has 11 aromatic rings. The highest BCUT2D eigenvalue weighted by atomic mass is 32.1. The Hall–Kier alpha value is -6.75. The van der Waals surface area contributed by atoms with Gasteiger partial charge in [0, 0.05) is 44.9 Å². The Bertz CT molecular complexity index is 3190. The number of hydrogen-bond donors (Lipinski definition) is 0. The normalized spacial score (nSPS) is 11.8. The molecule has 53 heavy (non-hydrogen) atoms. The molecule has 0 aliphatic heterocycles. The quantitative estimate of drug-likeness (QED) is 0.180. The fourth-order valence-corrected chi connectivity index (χ4v) is 8.95. The first-order chi connectivity index (χ1) is 26.2. The van der Waals surface area contributed by atoms with Crippen molar-refractivity contribution in [2.75, 3.05) is 4.90 Å². The van der Waals surface area contributed by atoms with Crippen LogP contribution in [0.5, 0.6) is 0 Å². The van der Waals surface area contributed by atoms with Gasteiger partial charge in [-0.15, -0.1) is 11.3 Å². The van der Waals surface area contributed by atoms with E-state index in [0.29, 0.717) is 0 Å². The van der Waals surface area contributed by atoms with Crippen LogP contribution in [0.25, 0.3) is 86.2 Å². The lowest BCUT2D eigenvalue weighted by Crippen LogP contribution is -2.09. The molecule has 3 nitrogen and oxygen atoms in total. The maximum atomic E-state index is 6.66. The number of benzene rings is 9. The minimum absolute atomic E-state index is 0.842. The van der Waals surface area contributed by atoms with E-state index in [4.69, 9.17) is 9.40 Å². The third-order valence-electron chi connectivity index (χ3n) is 10.5. The van der Waals surface area contributed by atoms with Crippen molar-refractivity contribution in [1.82, 2.24) is 4.98 Å². The number of thiazole rings is 1. The standard InChI is InChI=1S/C49H30N2OS/c1-2-12-35-29-37(25-19-31(35)9-1)51(36-23-20-34(21-24-36)40-16-7-13-32-10-3-5-14-39(32)40)38-26-27-42-45(30-38)52-44-18-8-17-43(47(42)44)49-50-48-41-15-6-4-11-33(41)22-28-46(48)53-49/h1-30H. The third kappa shape index (κ3) is 4.91. The van der Waals surface area contributed by atoms with Gasteiger partial charge >= 0.3 is 0 Å². The minimum atomic E-state index is 0.842. The molecule has 4 heteroatoms. The zero-order valence-corrected chi connectivity index (χ0v) is 29.3. The lowest BCUT2D eigenvalue weighted by atomic mass is 9.98. The summed E-state index contributed by atoms with van der Waals surface area (Å²) < 4.78 is 7.84. The smallest absolute Gasteiger partial charge is 0.137 e. The Kier molecular flexibility index (Phi) is 6.73. The second-order valence-corrected chi connectivity index (χ2v) is 14.6. The van der Waals surface area contributed by atoms with E-state index in [-0.39, 0.29) is 0 Å². The molecule has 0 amide bonds. The molecule has 0 aliphatic rings. The molecule has 0 unspecified atom stereocenters. The molecule has 11 rings (SSSR count). The summed E-state index contributed by atoms with van der Waals surface area (Å²) in [5, 5.41) is 10.5. The van der Waals surface area contributed by atoms with Crippen LogP contribution in [0.15, 0.2) is 186 Å². The molecular weight excluding hydrogens is 665 g/mol. The van der Waals surface area contributed by atoms with Crippen LogP contribution in [0.1, 0.15) is 0 Å². The topological polar surface area (TPSA) is 29.3 Å². The molecule has 0 spiro atoms. The molecule has 0 aliphatic carbocycles. The van der Waals surface area contributed by atoms with Gasteiger partial charge in [-0.05, 0) is 86.6 Å². The molecular formula is C49H30N2OS. The van der Waals surface area contributed by atoms with Gasteiger partial charge in [0.1, 0.15) is 16.2 Å². The van der Waals surface area contributed by atoms with Crippen molar-refractivity contribution in [1.29, 1.82) is 0 Å². The predicted molar refractivity (Wildman–Crippen MR) is 225 cm³/mol. The number of fused-ring (bicyclic) bond motifs is 8. The Labute approximate surface area is 309 Å². The number of anilines is 3. The van der Waals surface area contributed by atoms with Gasteiger partial charge in [0.05, 0.1) is 10.2 Å². The van der Waals surface area contributed by atoms with Crippen molar-refractivity contribution in [3.8, 4) is 21.7 Å². The summed E-state index contributed by atoms with van der Waals surface area (Å²) in [7, 11) is 0. The Morgan fingerprint density at radius 2 is 1.08 bits per heavy atom. The fraction of sp³-hybridized carbons (Fsp3) is 0. The first kappa shape index (κ1) is 29.9. The maximum absolute atomic E-state index is 6.66. The molecule has 0 saturated heterocycles. The van der Waals surface area contributed by atoms with Crippen molar-refractivity contribution in [2.24, 2.45) is 0 Å². The van der Waals surface area contributed by atoms with Crippen molar-refractivity contribution >= 4 is 92.9 Å². The number of hydrogen-bond acceptors (Lipinski definition) is 4. The molecule has 9 aromatic carbocycles. The predicted octanol–water partition coefficient (Wildman–Crippen LogP) is 14.5. The summed E-state index contributed by atoms with van der Waals surface area (Å²) in [6.07, 6.45) is 0.